The van der Waals surface area contributed by atoms with Crippen molar-refractivity contribution in [2.75, 3.05) is 6.54 Å². The lowest BCUT2D eigenvalue weighted by molar-refractivity contribution is -0.190. The summed E-state index contributed by atoms with van der Waals surface area (Å²) in [6.07, 6.45) is -3.24. The van der Waals surface area contributed by atoms with Crippen molar-refractivity contribution in [3.05, 3.63) is 35.6 Å². The van der Waals surface area contributed by atoms with Gasteiger partial charge in [-0.2, -0.15) is 13.2 Å². The second-order valence-electron chi connectivity index (χ2n) is 5.37. The number of aryl methyl sites for hydroxylation is 1. The number of unbranched alkanes of at least 4 members (excludes halogenated alkanes) is 1. The van der Waals surface area contributed by atoms with Crippen LogP contribution in [0.2, 0.25) is 0 Å². The standard InChI is InChI=1S/C15H18F4N2O/c16-12-7-3-1-5-11(12)6-2-4-8-13(15(17,18)19)21-10-9-14(22)20-21/h1,3,5,7,13H,2,4,6,8-10H2,(H,20,22). The van der Waals surface area contributed by atoms with Crippen molar-refractivity contribution < 1.29 is 22.4 Å². The van der Waals surface area contributed by atoms with Crippen molar-refractivity contribution in [1.29, 1.82) is 0 Å². The number of carbonyl (C=O) groups excluding carboxylic acids is 1. The molecular formula is C15H18F4N2O. The number of hydrogen-bond acceptors (Lipinski definition) is 2. The van der Waals surface area contributed by atoms with Crippen LogP contribution >= 0.6 is 0 Å². The monoisotopic (exact) mass is 318 g/mol. The zero-order valence-electron chi connectivity index (χ0n) is 12.0. The minimum Gasteiger partial charge on any atom is -0.288 e. The molecule has 1 aromatic carbocycles. The molecule has 0 aliphatic carbocycles. The average Bonchev–Trinajstić information content (AvgIpc) is 2.85. The zero-order valence-corrected chi connectivity index (χ0v) is 12.0. The summed E-state index contributed by atoms with van der Waals surface area (Å²) < 4.78 is 52.6. The molecule has 1 aromatic rings. The highest BCUT2D eigenvalue weighted by molar-refractivity contribution is 5.77. The highest BCUT2D eigenvalue weighted by Crippen LogP contribution is 2.29. The Balaban J connectivity index is 1.84. The van der Waals surface area contributed by atoms with Gasteiger partial charge in [-0.3, -0.25) is 10.2 Å². The number of carbonyl (C=O) groups is 1. The fourth-order valence-corrected chi connectivity index (χ4v) is 2.58. The number of hydrazine groups is 1. The van der Waals surface area contributed by atoms with Gasteiger partial charge in [0.05, 0.1) is 0 Å². The van der Waals surface area contributed by atoms with Crippen molar-refractivity contribution >= 4 is 5.91 Å². The molecule has 0 aromatic heterocycles. The van der Waals surface area contributed by atoms with Crippen LogP contribution in [0.1, 0.15) is 31.2 Å². The maximum atomic E-state index is 13.4. The molecule has 1 unspecified atom stereocenters. The lowest BCUT2D eigenvalue weighted by Gasteiger charge is -2.28. The molecular weight excluding hydrogens is 300 g/mol. The van der Waals surface area contributed by atoms with Crippen LogP contribution in [0.5, 0.6) is 0 Å². The number of amides is 1. The molecule has 1 aliphatic heterocycles. The van der Waals surface area contributed by atoms with Crippen molar-refractivity contribution in [2.45, 2.75) is 44.3 Å². The first-order valence-corrected chi connectivity index (χ1v) is 7.24. The average molecular weight is 318 g/mol. The molecule has 1 N–H and O–H groups in total. The van der Waals surface area contributed by atoms with Crippen LogP contribution in [0.4, 0.5) is 17.6 Å². The van der Waals surface area contributed by atoms with Crippen LogP contribution in [0.15, 0.2) is 24.3 Å². The fourth-order valence-electron chi connectivity index (χ4n) is 2.58. The Morgan fingerprint density at radius 1 is 1.23 bits per heavy atom. The predicted molar refractivity (Wildman–Crippen MR) is 73.3 cm³/mol. The summed E-state index contributed by atoms with van der Waals surface area (Å²) in [5.74, 6) is -0.720. The van der Waals surface area contributed by atoms with Crippen molar-refractivity contribution in [2.24, 2.45) is 0 Å². The molecule has 0 spiro atoms. The molecule has 1 aliphatic rings. The Morgan fingerprint density at radius 3 is 2.55 bits per heavy atom. The Kier molecular flexibility index (Phi) is 5.39. The van der Waals surface area contributed by atoms with E-state index in [1.807, 2.05) is 0 Å². The second kappa shape index (κ2) is 7.09. The van der Waals surface area contributed by atoms with Gasteiger partial charge < -0.3 is 0 Å². The number of rotatable bonds is 6. The molecule has 122 valence electrons. The van der Waals surface area contributed by atoms with Crippen LogP contribution in [-0.4, -0.2) is 29.7 Å². The summed E-state index contributed by atoms with van der Waals surface area (Å²) >= 11 is 0. The van der Waals surface area contributed by atoms with E-state index < -0.39 is 12.2 Å². The van der Waals surface area contributed by atoms with E-state index in [0.29, 0.717) is 24.8 Å². The first-order valence-electron chi connectivity index (χ1n) is 7.24. The molecule has 1 heterocycles. The zero-order chi connectivity index (χ0) is 16.2. The lowest BCUT2D eigenvalue weighted by atomic mass is 10.0. The van der Waals surface area contributed by atoms with Gasteiger partial charge in [0.1, 0.15) is 11.9 Å². The van der Waals surface area contributed by atoms with Gasteiger partial charge in [-0.15, -0.1) is 0 Å². The van der Waals surface area contributed by atoms with E-state index in [0.717, 1.165) is 5.01 Å². The maximum Gasteiger partial charge on any atom is 0.405 e. The van der Waals surface area contributed by atoms with Gasteiger partial charge in [0, 0.05) is 13.0 Å². The maximum absolute atomic E-state index is 13.4. The van der Waals surface area contributed by atoms with E-state index in [1.165, 1.54) is 6.07 Å². The second-order valence-corrected chi connectivity index (χ2v) is 5.37. The Morgan fingerprint density at radius 2 is 1.95 bits per heavy atom. The summed E-state index contributed by atoms with van der Waals surface area (Å²) in [5.41, 5.74) is 2.76. The first kappa shape index (κ1) is 16.7. The summed E-state index contributed by atoms with van der Waals surface area (Å²) in [6, 6.07) is 4.58. The third-order valence-corrected chi connectivity index (χ3v) is 3.73. The highest BCUT2D eigenvalue weighted by Gasteiger charge is 2.45. The summed E-state index contributed by atoms with van der Waals surface area (Å²) in [7, 11) is 0. The van der Waals surface area contributed by atoms with Gasteiger partial charge in [0.25, 0.3) is 0 Å². The molecule has 22 heavy (non-hydrogen) atoms. The van der Waals surface area contributed by atoms with Crippen molar-refractivity contribution in [3.63, 3.8) is 0 Å². The molecule has 2 rings (SSSR count). The van der Waals surface area contributed by atoms with Crippen LogP contribution < -0.4 is 5.43 Å². The van der Waals surface area contributed by atoms with Crippen LogP contribution in [0.3, 0.4) is 0 Å². The van der Waals surface area contributed by atoms with Gasteiger partial charge in [-0.05, 0) is 30.9 Å². The van der Waals surface area contributed by atoms with Crippen LogP contribution in [0.25, 0.3) is 0 Å². The number of halogens is 4. The first-order chi connectivity index (χ1) is 10.4. The number of benzene rings is 1. The van der Waals surface area contributed by atoms with Crippen LogP contribution in [-0.2, 0) is 11.2 Å². The smallest absolute Gasteiger partial charge is 0.288 e. The molecule has 0 saturated carbocycles. The Labute approximate surface area is 126 Å². The van der Waals surface area contributed by atoms with Gasteiger partial charge in [0.2, 0.25) is 5.91 Å². The third-order valence-electron chi connectivity index (χ3n) is 3.73. The molecule has 3 nitrogen and oxygen atoms in total. The highest BCUT2D eigenvalue weighted by atomic mass is 19.4. The predicted octanol–water partition coefficient (Wildman–Crippen LogP) is 3.21. The van der Waals surface area contributed by atoms with Crippen molar-refractivity contribution in [1.82, 2.24) is 10.4 Å². The third kappa shape index (κ3) is 4.43. The van der Waals surface area contributed by atoms with Gasteiger partial charge in [-0.25, -0.2) is 9.40 Å². The minimum atomic E-state index is -4.39. The number of hydrogen-bond donors (Lipinski definition) is 1. The van der Waals surface area contributed by atoms with E-state index in [-0.39, 0.29) is 31.1 Å². The van der Waals surface area contributed by atoms with E-state index in [1.54, 1.807) is 18.2 Å². The number of alkyl halides is 3. The fraction of sp³-hybridized carbons (Fsp3) is 0.533. The van der Waals surface area contributed by atoms with Gasteiger partial charge >= 0.3 is 6.18 Å². The summed E-state index contributed by atoms with van der Waals surface area (Å²) in [5, 5.41) is 0.964. The van der Waals surface area contributed by atoms with Crippen LogP contribution in [0, 0.1) is 5.82 Å². The topological polar surface area (TPSA) is 32.3 Å². The van der Waals surface area contributed by atoms with E-state index in [2.05, 4.69) is 5.43 Å². The molecule has 1 fully saturated rings. The largest absolute Gasteiger partial charge is 0.405 e. The molecule has 1 atom stereocenters. The molecule has 1 saturated heterocycles. The lowest BCUT2D eigenvalue weighted by Crippen LogP contribution is -2.49. The van der Waals surface area contributed by atoms with Crippen molar-refractivity contribution in [3.8, 4) is 0 Å². The van der Waals surface area contributed by atoms with E-state index in [4.69, 9.17) is 0 Å². The molecule has 7 heteroatoms. The summed E-state index contributed by atoms with van der Waals surface area (Å²) in [6.45, 7) is 0.0658. The minimum absolute atomic E-state index is 0.0658. The van der Waals surface area contributed by atoms with E-state index >= 15 is 0 Å². The normalized spacial score (nSPS) is 17.5. The Hall–Kier alpha value is -1.63. The molecule has 1 amide bonds. The van der Waals surface area contributed by atoms with Gasteiger partial charge in [-0.1, -0.05) is 24.6 Å². The quantitative estimate of drug-likeness (QED) is 0.645. The number of nitrogens with zero attached hydrogens (tertiary/aromatic N) is 1. The molecule has 0 bridgehead atoms. The van der Waals surface area contributed by atoms with E-state index in [9.17, 15) is 22.4 Å². The Bertz CT molecular complexity index is 519. The number of nitrogens with one attached hydrogen (secondary N) is 1. The molecule has 0 radical (unpaired) electrons. The van der Waals surface area contributed by atoms with Gasteiger partial charge in [0.15, 0.2) is 0 Å². The summed E-state index contributed by atoms with van der Waals surface area (Å²) in [4.78, 5) is 11.1. The SMILES string of the molecule is O=C1CCN(C(CCCCc2ccccc2F)C(F)(F)F)N1.